The summed E-state index contributed by atoms with van der Waals surface area (Å²) >= 11 is 5.76. The van der Waals surface area contributed by atoms with Gasteiger partial charge in [-0.3, -0.25) is 4.79 Å². The number of carbonyl (C=O) groups is 1. The van der Waals surface area contributed by atoms with Crippen molar-refractivity contribution in [1.29, 1.82) is 0 Å². The lowest BCUT2D eigenvalue weighted by Crippen LogP contribution is -2.01. The van der Waals surface area contributed by atoms with Gasteiger partial charge in [-0.25, -0.2) is 14.4 Å². The molecular formula is C12H9ClFN3O2. The van der Waals surface area contributed by atoms with E-state index in [9.17, 15) is 9.18 Å². The van der Waals surface area contributed by atoms with Crippen LogP contribution in [-0.4, -0.2) is 23.4 Å². The van der Waals surface area contributed by atoms with E-state index in [1.807, 2.05) is 0 Å². The van der Waals surface area contributed by atoms with Crippen LogP contribution in [0.5, 0.6) is 5.75 Å². The quantitative estimate of drug-likeness (QED) is 0.689. The van der Waals surface area contributed by atoms with Crippen molar-refractivity contribution < 1.29 is 13.9 Å². The monoisotopic (exact) mass is 281 g/mol. The number of nitrogens with one attached hydrogen (secondary N) is 1. The van der Waals surface area contributed by atoms with Crippen LogP contribution in [0.15, 0.2) is 24.5 Å². The first-order valence-corrected chi connectivity index (χ1v) is 5.59. The fraction of sp³-hybridized carbons (Fsp3) is 0.0833. The molecule has 0 aliphatic heterocycles. The minimum atomic E-state index is -0.527. The Morgan fingerprint density at radius 1 is 1.42 bits per heavy atom. The smallest absolute Gasteiger partial charge is 0.167 e. The molecule has 0 spiro atoms. The number of ether oxygens (including phenoxy) is 1. The molecule has 7 heteroatoms. The normalized spacial score (nSPS) is 10.1. The molecular weight excluding hydrogens is 273 g/mol. The Labute approximate surface area is 113 Å². The van der Waals surface area contributed by atoms with Crippen molar-refractivity contribution in [3.05, 3.63) is 41.1 Å². The third-order valence-electron chi connectivity index (χ3n) is 2.37. The maximum absolute atomic E-state index is 13.5. The number of benzene rings is 1. The van der Waals surface area contributed by atoms with Crippen LogP contribution in [0.1, 0.15) is 10.4 Å². The van der Waals surface area contributed by atoms with E-state index < -0.39 is 5.82 Å². The van der Waals surface area contributed by atoms with Crippen LogP contribution in [-0.2, 0) is 0 Å². The number of hydrogen-bond donors (Lipinski definition) is 1. The zero-order chi connectivity index (χ0) is 13.8. The van der Waals surface area contributed by atoms with Crippen LogP contribution >= 0.6 is 11.6 Å². The molecule has 1 aromatic heterocycles. The molecule has 0 atom stereocenters. The van der Waals surface area contributed by atoms with Gasteiger partial charge >= 0.3 is 0 Å². The number of carbonyl (C=O) groups excluding carboxylic acids is 1. The molecule has 0 aliphatic rings. The fourth-order valence-electron chi connectivity index (χ4n) is 1.46. The number of aldehydes is 1. The summed E-state index contributed by atoms with van der Waals surface area (Å²) in [5.74, 6) is -0.193. The number of rotatable bonds is 4. The fourth-order valence-corrected chi connectivity index (χ4v) is 1.64. The molecule has 0 radical (unpaired) electrons. The van der Waals surface area contributed by atoms with Crippen LogP contribution in [0.4, 0.5) is 15.9 Å². The van der Waals surface area contributed by atoms with Gasteiger partial charge in [0.05, 0.1) is 12.7 Å². The van der Waals surface area contributed by atoms with E-state index in [2.05, 4.69) is 15.3 Å². The summed E-state index contributed by atoms with van der Waals surface area (Å²) in [7, 11) is 1.38. The van der Waals surface area contributed by atoms with Gasteiger partial charge in [-0.2, -0.15) is 0 Å². The van der Waals surface area contributed by atoms with Crippen molar-refractivity contribution in [3.63, 3.8) is 0 Å². The highest BCUT2D eigenvalue weighted by Crippen LogP contribution is 2.25. The summed E-state index contributed by atoms with van der Waals surface area (Å²) < 4.78 is 18.3. The Kier molecular flexibility index (Phi) is 3.91. The molecule has 0 amide bonds. The number of anilines is 2. The molecule has 0 unspecified atom stereocenters. The first-order valence-electron chi connectivity index (χ1n) is 5.22. The number of hydrogen-bond acceptors (Lipinski definition) is 5. The van der Waals surface area contributed by atoms with Crippen molar-refractivity contribution >= 4 is 29.4 Å². The Bertz CT molecular complexity index is 622. The van der Waals surface area contributed by atoms with Gasteiger partial charge in [-0.05, 0) is 12.1 Å². The van der Waals surface area contributed by atoms with Gasteiger partial charge in [0.25, 0.3) is 0 Å². The average molecular weight is 282 g/mol. The Balaban J connectivity index is 2.34. The predicted octanol–water partition coefficient (Wildman–Crippen LogP) is 2.83. The maximum atomic E-state index is 13.5. The predicted molar refractivity (Wildman–Crippen MR) is 68.7 cm³/mol. The van der Waals surface area contributed by atoms with Crippen LogP contribution in [0.2, 0.25) is 5.15 Å². The number of aromatic nitrogens is 2. The molecule has 0 saturated heterocycles. The molecule has 0 fully saturated rings. The lowest BCUT2D eigenvalue weighted by Gasteiger charge is -2.09. The lowest BCUT2D eigenvalue weighted by molar-refractivity contribution is 0.112. The molecule has 5 nitrogen and oxygen atoms in total. The largest absolute Gasteiger partial charge is 0.494 e. The van der Waals surface area contributed by atoms with Gasteiger partial charge in [0.2, 0.25) is 0 Å². The SMILES string of the molecule is COc1ccc(Nc2ncnc(Cl)c2C=O)cc1F. The Hall–Kier alpha value is -2.21. The van der Waals surface area contributed by atoms with E-state index in [4.69, 9.17) is 16.3 Å². The van der Waals surface area contributed by atoms with Gasteiger partial charge in [-0.15, -0.1) is 0 Å². The molecule has 0 saturated carbocycles. The summed E-state index contributed by atoms with van der Waals surface area (Å²) in [6.45, 7) is 0. The highest BCUT2D eigenvalue weighted by Gasteiger charge is 2.10. The summed E-state index contributed by atoms with van der Waals surface area (Å²) in [6, 6.07) is 4.27. The van der Waals surface area contributed by atoms with Crippen molar-refractivity contribution in [2.24, 2.45) is 0 Å². The maximum Gasteiger partial charge on any atom is 0.167 e. The standard InChI is InChI=1S/C12H9ClFN3O2/c1-19-10-3-2-7(4-9(10)14)17-12-8(5-18)11(13)15-6-16-12/h2-6H,1H3,(H,15,16,17). The van der Waals surface area contributed by atoms with E-state index in [0.29, 0.717) is 12.0 Å². The Morgan fingerprint density at radius 2 is 2.21 bits per heavy atom. The lowest BCUT2D eigenvalue weighted by atomic mass is 10.2. The average Bonchev–Trinajstić information content (AvgIpc) is 2.39. The minimum Gasteiger partial charge on any atom is -0.494 e. The van der Waals surface area contributed by atoms with Crippen LogP contribution < -0.4 is 10.1 Å². The van der Waals surface area contributed by atoms with Crippen molar-refractivity contribution in [2.45, 2.75) is 0 Å². The van der Waals surface area contributed by atoms with Crippen LogP contribution in [0.3, 0.4) is 0 Å². The van der Waals surface area contributed by atoms with Gasteiger partial charge < -0.3 is 10.1 Å². The van der Waals surface area contributed by atoms with Crippen molar-refractivity contribution in [3.8, 4) is 5.75 Å². The third-order valence-corrected chi connectivity index (χ3v) is 2.67. The minimum absolute atomic E-state index is 0.0292. The Morgan fingerprint density at radius 3 is 2.84 bits per heavy atom. The van der Waals surface area contributed by atoms with E-state index in [0.717, 1.165) is 0 Å². The molecule has 0 bridgehead atoms. The third kappa shape index (κ3) is 2.79. The molecule has 2 aromatic rings. The first kappa shape index (κ1) is 13.2. The molecule has 2 rings (SSSR count). The summed E-state index contributed by atoms with van der Waals surface area (Å²) in [6.07, 6.45) is 1.74. The summed E-state index contributed by atoms with van der Waals surface area (Å²) in [5.41, 5.74) is 0.525. The molecule has 19 heavy (non-hydrogen) atoms. The zero-order valence-electron chi connectivity index (χ0n) is 9.85. The highest BCUT2D eigenvalue weighted by molar-refractivity contribution is 6.32. The second kappa shape index (κ2) is 5.62. The van der Waals surface area contributed by atoms with Crippen LogP contribution in [0.25, 0.3) is 0 Å². The number of nitrogens with zero attached hydrogens (tertiary/aromatic N) is 2. The van der Waals surface area contributed by atoms with Crippen molar-refractivity contribution in [1.82, 2.24) is 9.97 Å². The van der Waals surface area contributed by atoms with Crippen LogP contribution in [0, 0.1) is 5.82 Å². The summed E-state index contributed by atoms with van der Waals surface area (Å²) in [4.78, 5) is 18.5. The van der Waals surface area contributed by atoms with E-state index in [-0.39, 0.29) is 22.3 Å². The first-order chi connectivity index (χ1) is 9.15. The topological polar surface area (TPSA) is 64.1 Å². The van der Waals surface area contributed by atoms with Gasteiger partial charge in [-0.1, -0.05) is 11.6 Å². The van der Waals surface area contributed by atoms with Gasteiger partial charge in [0.1, 0.15) is 17.3 Å². The zero-order valence-corrected chi connectivity index (χ0v) is 10.6. The molecule has 0 aliphatic carbocycles. The number of methoxy groups -OCH3 is 1. The molecule has 1 N–H and O–H groups in total. The molecule has 1 heterocycles. The highest BCUT2D eigenvalue weighted by atomic mass is 35.5. The number of halogens is 2. The second-order valence-corrected chi connectivity index (χ2v) is 3.88. The van der Waals surface area contributed by atoms with Gasteiger partial charge in [0, 0.05) is 11.8 Å². The van der Waals surface area contributed by atoms with E-state index in [1.54, 1.807) is 6.07 Å². The molecule has 1 aromatic carbocycles. The second-order valence-electron chi connectivity index (χ2n) is 3.52. The van der Waals surface area contributed by atoms with Crippen molar-refractivity contribution in [2.75, 3.05) is 12.4 Å². The van der Waals surface area contributed by atoms with E-state index >= 15 is 0 Å². The van der Waals surface area contributed by atoms with E-state index in [1.165, 1.54) is 25.6 Å². The summed E-state index contributed by atoms with van der Waals surface area (Å²) in [5, 5.41) is 2.82. The van der Waals surface area contributed by atoms with Gasteiger partial charge in [0.15, 0.2) is 17.9 Å². The molecule has 98 valence electrons.